The van der Waals surface area contributed by atoms with Gasteiger partial charge in [0.05, 0.1) is 34.0 Å². The maximum Gasteiger partial charge on any atom is 0.318 e. The molecule has 2 amide bonds. The van der Waals surface area contributed by atoms with Crippen LogP contribution in [0.15, 0.2) is 16.6 Å². The van der Waals surface area contributed by atoms with Crippen LogP contribution in [0.25, 0.3) is 11.3 Å². The van der Waals surface area contributed by atoms with Gasteiger partial charge in [0, 0.05) is 16.7 Å². The second kappa shape index (κ2) is 7.34. The number of Topliss-reactive ketones (excluding diaryl/α,β-unsaturated/α-hetero) is 1. The van der Waals surface area contributed by atoms with Gasteiger partial charge in [0.15, 0.2) is 5.78 Å². The number of ketones is 1. The van der Waals surface area contributed by atoms with E-state index >= 15 is 0 Å². The van der Waals surface area contributed by atoms with E-state index in [0.29, 0.717) is 45.3 Å². The Bertz CT molecular complexity index is 1110. The normalized spacial score (nSPS) is 22.9. The summed E-state index contributed by atoms with van der Waals surface area (Å²) in [5.74, 6) is 1.27. The first-order chi connectivity index (χ1) is 14.7. The molecule has 2 bridgehead atoms. The van der Waals surface area contributed by atoms with Crippen LogP contribution in [0.3, 0.4) is 0 Å². The van der Waals surface area contributed by atoms with Gasteiger partial charge in [-0.2, -0.15) is 0 Å². The van der Waals surface area contributed by atoms with Crippen molar-refractivity contribution in [1.29, 1.82) is 0 Å². The number of carbonyl (C=O) groups is 2. The Hall–Kier alpha value is -2.39. The molecule has 2 heterocycles. The van der Waals surface area contributed by atoms with E-state index in [1.807, 2.05) is 0 Å². The van der Waals surface area contributed by atoms with Crippen molar-refractivity contribution in [2.45, 2.75) is 44.8 Å². The lowest BCUT2D eigenvalue weighted by atomic mass is 9.50. The lowest BCUT2D eigenvalue weighted by Gasteiger charge is -2.61. The van der Waals surface area contributed by atoms with E-state index in [-0.39, 0.29) is 29.9 Å². The van der Waals surface area contributed by atoms with Crippen LogP contribution in [-0.4, -0.2) is 38.8 Å². The second-order valence-corrected chi connectivity index (χ2v) is 9.92. The molecule has 0 radical (unpaired) electrons. The summed E-state index contributed by atoms with van der Waals surface area (Å²) in [4.78, 5) is 34.7. The molecule has 162 valence electrons. The summed E-state index contributed by atoms with van der Waals surface area (Å²) < 4.78 is 6.22. The topological polar surface area (TPSA) is 110 Å². The molecule has 1 aromatic heterocycles. The highest BCUT2D eigenvalue weighted by atomic mass is 79.9. The highest BCUT2D eigenvalue weighted by Crippen LogP contribution is 2.57. The third-order valence-electron chi connectivity index (χ3n) is 6.20. The smallest absolute Gasteiger partial charge is 0.318 e. The van der Waals surface area contributed by atoms with E-state index in [9.17, 15) is 9.59 Å². The Morgan fingerprint density at radius 2 is 2.06 bits per heavy atom. The Balaban J connectivity index is 1.45. The standard InChI is InChI=1S/C21H21BrClN5O3/c1-10(29)9-31-17-2-12(15(23)3-14(17)22)18-13-7-28(8-16(13)25-19(24)26-18)20(30)27-21-4-11(5-21)6-21/h2-3,11H,4-9H2,1H3,(H,27,30)(H2,24,25,26). The first kappa shape index (κ1) is 20.5. The number of amides is 2. The fourth-order valence-electron chi connectivity index (χ4n) is 4.58. The summed E-state index contributed by atoms with van der Waals surface area (Å²) in [5.41, 5.74) is 8.67. The number of halogens is 2. The Morgan fingerprint density at radius 3 is 2.71 bits per heavy atom. The van der Waals surface area contributed by atoms with Crippen molar-refractivity contribution >= 4 is 45.3 Å². The molecule has 0 spiro atoms. The number of nitrogens with one attached hydrogen (secondary N) is 1. The quantitative estimate of drug-likeness (QED) is 0.640. The van der Waals surface area contributed by atoms with Gasteiger partial charge >= 0.3 is 6.03 Å². The summed E-state index contributed by atoms with van der Waals surface area (Å²) in [6.45, 7) is 2.13. The zero-order valence-electron chi connectivity index (χ0n) is 16.9. The number of rotatable bonds is 5. The minimum absolute atomic E-state index is 0.00201. The van der Waals surface area contributed by atoms with Gasteiger partial charge in [-0.3, -0.25) is 4.79 Å². The molecule has 3 aliphatic carbocycles. The van der Waals surface area contributed by atoms with Crippen LogP contribution in [0.4, 0.5) is 10.7 Å². The number of hydrogen-bond donors (Lipinski definition) is 2. The summed E-state index contributed by atoms with van der Waals surface area (Å²) in [5, 5.41) is 3.63. The highest BCUT2D eigenvalue weighted by Gasteiger charge is 2.57. The van der Waals surface area contributed by atoms with Crippen LogP contribution in [-0.2, 0) is 17.9 Å². The molecule has 2 aromatic rings. The molecule has 4 aliphatic rings. The molecule has 6 rings (SSSR count). The van der Waals surface area contributed by atoms with Gasteiger partial charge in [0.2, 0.25) is 5.95 Å². The monoisotopic (exact) mass is 505 g/mol. The van der Waals surface area contributed by atoms with Crippen LogP contribution in [0.2, 0.25) is 5.02 Å². The SMILES string of the molecule is CC(=O)COc1cc(-c2nc(N)nc3c2CN(C(=O)NC24CC(C2)C4)C3)c(Cl)cc1Br. The van der Waals surface area contributed by atoms with Gasteiger partial charge in [-0.25, -0.2) is 14.8 Å². The van der Waals surface area contributed by atoms with Crippen molar-refractivity contribution in [3.8, 4) is 17.0 Å². The Kier molecular flexibility index (Phi) is 4.86. The minimum atomic E-state index is -0.0964. The van der Waals surface area contributed by atoms with Gasteiger partial charge in [0.25, 0.3) is 0 Å². The Morgan fingerprint density at radius 1 is 1.32 bits per heavy atom. The molecular formula is C21H21BrClN5O3. The van der Waals surface area contributed by atoms with E-state index in [1.165, 1.54) is 6.92 Å². The zero-order valence-corrected chi connectivity index (χ0v) is 19.2. The van der Waals surface area contributed by atoms with Crippen LogP contribution in [0.1, 0.15) is 37.4 Å². The first-order valence-corrected chi connectivity index (χ1v) is 11.2. The average Bonchev–Trinajstić information content (AvgIpc) is 3.06. The molecule has 3 saturated carbocycles. The van der Waals surface area contributed by atoms with Crippen molar-refractivity contribution in [2.75, 3.05) is 12.3 Å². The van der Waals surface area contributed by atoms with E-state index < -0.39 is 0 Å². The minimum Gasteiger partial charge on any atom is -0.485 e. The summed E-state index contributed by atoms with van der Waals surface area (Å²) in [6, 6.07) is 3.33. The lowest BCUT2D eigenvalue weighted by molar-refractivity contribution is -0.118. The third kappa shape index (κ3) is 3.63. The number of aromatic nitrogens is 2. The summed E-state index contributed by atoms with van der Waals surface area (Å²) in [7, 11) is 0. The zero-order chi connectivity index (χ0) is 21.9. The van der Waals surface area contributed by atoms with Gasteiger partial charge in [-0.05, 0) is 60.2 Å². The lowest BCUT2D eigenvalue weighted by Crippen LogP contribution is -2.69. The number of hydrogen-bond acceptors (Lipinski definition) is 6. The maximum absolute atomic E-state index is 12.8. The number of ether oxygens (including phenoxy) is 1. The summed E-state index contributed by atoms with van der Waals surface area (Å²) in [6.07, 6.45) is 3.24. The number of nitrogen functional groups attached to an aromatic ring is 1. The van der Waals surface area contributed by atoms with Crippen LogP contribution in [0, 0.1) is 5.92 Å². The Labute approximate surface area is 192 Å². The van der Waals surface area contributed by atoms with E-state index in [1.54, 1.807) is 17.0 Å². The van der Waals surface area contributed by atoms with E-state index in [4.69, 9.17) is 22.1 Å². The van der Waals surface area contributed by atoms with Crippen LogP contribution >= 0.6 is 27.5 Å². The van der Waals surface area contributed by atoms with Gasteiger partial charge in [0.1, 0.15) is 12.4 Å². The maximum atomic E-state index is 12.8. The highest BCUT2D eigenvalue weighted by molar-refractivity contribution is 9.10. The van der Waals surface area contributed by atoms with Gasteiger partial charge in [-0.15, -0.1) is 0 Å². The van der Waals surface area contributed by atoms with Crippen molar-refractivity contribution in [1.82, 2.24) is 20.2 Å². The van der Waals surface area contributed by atoms with E-state index in [2.05, 4.69) is 31.2 Å². The second-order valence-electron chi connectivity index (χ2n) is 8.65. The molecule has 8 nitrogen and oxygen atoms in total. The van der Waals surface area contributed by atoms with Gasteiger partial charge in [-0.1, -0.05) is 11.6 Å². The van der Waals surface area contributed by atoms with Crippen molar-refractivity contribution < 1.29 is 14.3 Å². The number of nitrogens with two attached hydrogens (primary N) is 1. The molecular weight excluding hydrogens is 486 g/mol. The fraction of sp³-hybridized carbons (Fsp3) is 0.429. The van der Waals surface area contributed by atoms with Crippen LogP contribution < -0.4 is 15.8 Å². The number of urea groups is 1. The first-order valence-electron chi connectivity index (χ1n) is 10.1. The molecule has 3 N–H and O–H groups in total. The number of fused-ring (bicyclic) bond motifs is 1. The van der Waals surface area contributed by atoms with Crippen LogP contribution in [0.5, 0.6) is 5.75 Å². The van der Waals surface area contributed by atoms with Crippen molar-refractivity contribution in [3.05, 3.63) is 32.9 Å². The number of nitrogens with zero attached hydrogens (tertiary/aromatic N) is 3. The van der Waals surface area contributed by atoms with E-state index in [0.717, 1.165) is 30.7 Å². The van der Waals surface area contributed by atoms with Gasteiger partial charge < -0.3 is 20.7 Å². The molecule has 0 saturated heterocycles. The molecule has 0 atom stereocenters. The molecule has 10 heteroatoms. The number of carbonyl (C=O) groups excluding carboxylic acids is 2. The predicted molar refractivity (Wildman–Crippen MR) is 119 cm³/mol. The molecule has 3 fully saturated rings. The third-order valence-corrected chi connectivity index (χ3v) is 7.14. The van der Waals surface area contributed by atoms with Crippen molar-refractivity contribution in [2.24, 2.45) is 5.92 Å². The predicted octanol–water partition coefficient (Wildman–Crippen LogP) is 3.69. The number of benzene rings is 1. The average molecular weight is 507 g/mol. The molecule has 0 unspecified atom stereocenters. The largest absolute Gasteiger partial charge is 0.485 e. The summed E-state index contributed by atoms with van der Waals surface area (Å²) >= 11 is 9.94. The number of anilines is 1. The molecule has 1 aliphatic heterocycles. The fourth-order valence-corrected chi connectivity index (χ4v) is 5.42. The molecule has 31 heavy (non-hydrogen) atoms. The molecule has 1 aromatic carbocycles. The van der Waals surface area contributed by atoms with Crippen molar-refractivity contribution in [3.63, 3.8) is 0 Å².